The number of urea groups is 1. The zero-order chi connectivity index (χ0) is 19.6. The van der Waals surface area contributed by atoms with Crippen LogP contribution in [0, 0.1) is 5.92 Å². The van der Waals surface area contributed by atoms with Gasteiger partial charge in [0.2, 0.25) is 5.91 Å². The van der Waals surface area contributed by atoms with Gasteiger partial charge in [-0.2, -0.15) is 0 Å². The maximum Gasteiger partial charge on any atom is 0.334 e. The molecule has 1 heterocycles. The van der Waals surface area contributed by atoms with Crippen molar-refractivity contribution >= 4 is 35.4 Å². The first-order chi connectivity index (χ1) is 12.9. The highest BCUT2D eigenvalue weighted by molar-refractivity contribution is 6.45. The number of halogens is 1. The molecule has 0 aromatic heterocycles. The minimum atomic E-state index is -0.939. The van der Waals surface area contributed by atoms with E-state index >= 15 is 0 Å². The van der Waals surface area contributed by atoms with Gasteiger partial charge in [0, 0.05) is 17.6 Å². The molecule has 7 nitrogen and oxygen atoms in total. The normalized spacial score (nSPS) is 23.1. The molecule has 0 bridgehead atoms. The molecular weight excluding hydrogens is 370 g/mol. The van der Waals surface area contributed by atoms with E-state index in [2.05, 4.69) is 5.32 Å². The van der Waals surface area contributed by atoms with Crippen molar-refractivity contribution in [1.29, 1.82) is 0 Å². The lowest BCUT2D eigenvalue weighted by molar-refractivity contribution is -0.145. The first-order valence-electron chi connectivity index (χ1n) is 9.09. The monoisotopic (exact) mass is 391 g/mol. The second kappa shape index (κ2) is 8.08. The number of carbonyl (C=O) groups is 4. The average Bonchev–Trinajstić information content (AvgIpc) is 2.85. The van der Waals surface area contributed by atoms with Crippen LogP contribution in [0.4, 0.5) is 4.79 Å². The summed E-state index contributed by atoms with van der Waals surface area (Å²) in [5.41, 5.74) is 0.723. The third-order valence-electron chi connectivity index (χ3n) is 5.22. The fourth-order valence-electron chi connectivity index (χ4n) is 3.67. The summed E-state index contributed by atoms with van der Waals surface area (Å²) in [6.07, 6.45) is 3.57. The number of carbonyl (C=O) groups excluding carboxylic acids is 4. The molecule has 1 aliphatic carbocycles. The highest BCUT2D eigenvalue weighted by Crippen LogP contribution is 2.31. The van der Waals surface area contributed by atoms with Crippen molar-refractivity contribution in [2.24, 2.45) is 5.92 Å². The summed E-state index contributed by atoms with van der Waals surface area (Å²) < 4.78 is 0. The van der Waals surface area contributed by atoms with Gasteiger partial charge in [0.15, 0.2) is 0 Å². The van der Waals surface area contributed by atoms with Crippen LogP contribution in [-0.4, -0.2) is 46.1 Å². The van der Waals surface area contributed by atoms with Crippen molar-refractivity contribution in [3.05, 3.63) is 34.9 Å². The Kier molecular flexibility index (Phi) is 5.79. The lowest BCUT2D eigenvalue weighted by atomic mass is 9.85. The lowest BCUT2D eigenvalue weighted by Crippen LogP contribution is -2.47. The van der Waals surface area contributed by atoms with E-state index in [1.54, 1.807) is 24.3 Å². The molecule has 1 saturated heterocycles. The Morgan fingerprint density at radius 3 is 2.56 bits per heavy atom. The van der Waals surface area contributed by atoms with Gasteiger partial charge in [-0.25, -0.2) is 9.69 Å². The number of nitrogens with zero attached hydrogens (tertiary/aromatic N) is 2. The molecule has 8 heteroatoms. The van der Waals surface area contributed by atoms with Crippen LogP contribution in [0.15, 0.2) is 24.3 Å². The van der Waals surface area contributed by atoms with Gasteiger partial charge in [-0.15, -0.1) is 0 Å². The number of benzene rings is 1. The zero-order valence-electron chi connectivity index (χ0n) is 15.1. The van der Waals surface area contributed by atoms with Crippen LogP contribution in [0.3, 0.4) is 0 Å². The molecule has 5 amide bonds. The molecule has 2 atom stereocenters. The molecule has 3 rings (SSSR count). The van der Waals surface area contributed by atoms with Crippen LogP contribution in [-0.2, 0) is 20.9 Å². The SMILES string of the molecule is C[C@@H]1CCCC[C@H]1N1C(=O)C(=O)N(CC(=O)NCc2ccccc2Cl)C1=O. The molecule has 1 N–H and O–H groups in total. The van der Waals surface area contributed by atoms with Crippen molar-refractivity contribution < 1.29 is 19.2 Å². The van der Waals surface area contributed by atoms with Gasteiger partial charge in [0.1, 0.15) is 6.54 Å². The quantitative estimate of drug-likeness (QED) is 0.616. The molecule has 144 valence electrons. The Labute approximate surface area is 162 Å². The predicted molar refractivity (Wildman–Crippen MR) is 98.7 cm³/mol. The van der Waals surface area contributed by atoms with E-state index in [0.29, 0.717) is 11.4 Å². The van der Waals surface area contributed by atoms with Crippen LogP contribution < -0.4 is 5.32 Å². The Bertz CT molecular complexity index is 782. The van der Waals surface area contributed by atoms with Gasteiger partial charge in [0.25, 0.3) is 0 Å². The highest BCUT2D eigenvalue weighted by atomic mass is 35.5. The Balaban J connectivity index is 1.63. The van der Waals surface area contributed by atoms with E-state index in [9.17, 15) is 19.2 Å². The molecule has 27 heavy (non-hydrogen) atoms. The number of nitrogens with one attached hydrogen (secondary N) is 1. The molecule has 0 radical (unpaired) electrons. The van der Waals surface area contributed by atoms with Gasteiger partial charge < -0.3 is 5.32 Å². The van der Waals surface area contributed by atoms with E-state index in [4.69, 9.17) is 11.6 Å². The largest absolute Gasteiger partial charge is 0.350 e. The summed E-state index contributed by atoms with van der Waals surface area (Å²) >= 11 is 6.04. The summed E-state index contributed by atoms with van der Waals surface area (Å²) in [6, 6.07) is 6.07. The molecular formula is C19H22ClN3O4. The second-order valence-corrected chi connectivity index (χ2v) is 7.45. The van der Waals surface area contributed by atoms with E-state index in [0.717, 1.165) is 34.6 Å². The standard InChI is InChI=1S/C19H22ClN3O4/c1-12-6-2-5-9-15(12)23-18(26)17(25)22(19(23)27)11-16(24)21-10-13-7-3-4-8-14(13)20/h3-4,7-8,12,15H,2,5-6,9-11H2,1H3,(H,21,24)/t12-,15-/m1/s1. The molecule has 0 spiro atoms. The Morgan fingerprint density at radius 1 is 1.15 bits per heavy atom. The topological polar surface area (TPSA) is 86.8 Å². The smallest absolute Gasteiger partial charge is 0.334 e. The number of amides is 5. The molecule has 1 saturated carbocycles. The highest BCUT2D eigenvalue weighted by Gasteiger charge is 2.49. The van der Waals surface area contributed by atoms with Crippen molar-refractivity contribution in [3.63, 3.8) is 0 Å². The second-order valence-electron chi connectivity index (χ2n) is 7.05. The van der Waals surface area contributed by atoms with Crippen molar-refractivity contribution in [3.8, 4) is 0 Å². The van der Waals surface area contributed by atoms with Crippen molar-refractivity contribution in [1.82, 2.24) is 15.1 Å². The number of imide groups is 2. The van der Waals surface area contributed by atoms with E-state index in [1.165, 1.54) is 0 Å². The Morgan fingerprint density at radius 2 is 1.85 bits per heavy atom. The molecule has 1 aromatic rings. The molecule has 2 fully saturated rings. The van der Waals surface area contributed by atoms with E-state index < -0.39 is 30.3 Å². The lowest BCUT2D eigenvalue weighted by Gasteiger charge is -2.34. The van der Waals surface area contributed by atoms with Crippen LogP contribution in [0.25, 0.3) is 0 Å². The minimum Gasteiger partial charge on any atom is -0.350 e. The van der Waals surface area contributed by atoms with Gasteiger partial charge in [-0.05, 0) is 30.4 Å². The van der Waals surface area contributed by atoms with Crippen molar-refractivity contribution in [2.75, 3.05) is 6.54 Å². The first kappa shape index (κ1) is 19.4. The van der Waals surface area contributed by atoms with Gasteiger partial charge >= 0.3 is 17.8 Å². The van der Waals surface area contributed by atoms with Crippen LogP contribution in [0.2, 0.25) is 5.02 Å². The van der Waals surface area contributed by atoms with Crippen LogP contribution >= 0.6 is 11.6 Å². The average molecular weight is 392 g/mol. The fraction of sp³-hybridized carbons (Fsp3) is 0.474. The third kappa shape index (κ3) is 3.98. The predicted octanol–water partition coefficient (Wildman–Crippen LogP) is 2.33. The summed E-state index contributed by atoms with van der Waals surface area (Å²) in [5, 5.41) is 3.14. The molecule has 1 aromatic carbocycles. The minimum absolute atomic E-state index is 0.147. The maximum absolute atomic E-state index is 12.6. The summed E-state index contributed by atoms with van der Waals surface area (Å²) in [4.78, 5) is 51.2. The third-order valence-corrected chi connectivity index (χ3v) is 5.59. The number of hydrogen-bond acceptors (Lipinski definition) is 4. The maximum atomic E-state index is 12.6. The van der Waals surface area contributed by atoms with Crippen molar-refractivity contribution in [2.45, 2.75) is 45.2 Å². The number of hydrogen-bond donors (Lipinski definition) is 1. The van der Waals surface area contributed by atoms with E-state index in [-0.39, 0.29) is 18.5 Å². The summed E-state index contributed by atoms with van der Waals surface area (Å²) in [6.45, 7) is 1.67. The Hall–Kier alpha value is -2.41. The fourth-order valence-corrected chi connectivity index (χ4v) is 3.87. The van der Waals surface area contributed by atoms with Crippen LogP contribution in [0.5, 0.6) is 0 Å². The van der Waals surface area contributed by atoms with Gasteiger partial charge in [-0.1, -0.05) is 49.6 Å². The summed E-state index contributed by atoms with van der Waals surface area (Å²) in [7, 11) is 0. The molecule has 1 aliphatic heterocycles. The summed E-state index contributed by atoms with van der Waals surface area (Å²) in [5.74, 6) is -2.15. The van der Waals surface area contributed by atoms with Gasteiger partial charge in [0.05, 0.1) is 0 Å². The molecule has 2 aliphatic rings. The first-order valence-corrected chi connectivity index (χ1v) is 9.47. The zero-order valence-corrected chi connectivity index (χ0v) is 15.9. The molecule has 0 unspecified atom stereocenters. The van der Waals surface area contributed by atoms with Crippen LogP contribution in [0.1, 0.15) is 38.2 Å². The number of rotatable bonds is 5. The van der Waals surface area contributed by atoms with Gasteiger partial charge in [-0.3, -0.25) is 19.3 Å². The van der Waals surface area contributed by atoms with E-state index in [1.807, 2.05) is 6.92 Å².